The smallest absolute Gasteiger partial charge is 0.294 e. The fourth-order valence-electron chi connectivity index (χ4n) is 3.54. The molecule has 1 aliphatic rings. The van der Waals surface area contributed by atoms with Crippen LogP contribution in [0.2, 0.25) is 0 Å². The molecule has 4 N–H and O–H groups in total. The zero-order valence-electron chi connectivity index (χ0n) is 17.9. The normalized spacial score (nSPS) is 17.9. The standard InChI is InChI=1S/C22H26FN5O4/c1-28(2)13-16(29)27-22(10-4-3-5-11-22)21-25-17(18(30)20(32)26-21)19(31)24-12-14-6-8-15(23)9-7-14/h3-4,6-9,30H,5,10-13H2,1-2H3,(H,24,31)(H,27,29)(H,25,26,32). The highest BCUT2D eigenvalue weighted by atomic mass is 19.1. The second kappa shape index (κ2) is 9.73. The molecule has 0 bridgehead atoms. The zero-order valence-corrected chi connectivity index (χ0v) is 17.9. The predicted molar refractivity (Wildman–Crippen MR) is 115 cm³/mol. The third kappa shape index (κ3) is 5.38. The first kappa shape index (κ1) is 23.1. The number of carbonyl (C=O) groups excluding carboxylic acids is 2. The molecule has 3 rings (SSSR count). The van der Waals surface area contributed by atoms with Gasteiger partial charge in [0.05, 0.1) is 6.54 Å². The van der Waals surface area contributed by atoms with Crippen LogP contribution in [0.5, 0.6) is 5.75 Å². The monoisotopic (exact) mass is 443 g/mol. The van der Waals surface area contributed by atoms with Crippen molar-refractivity contribution < 1.29 is 19.1 Å². The van der Waals surface area contributed by atoms with Crippen molar-refractivity contribution in [1.82, 2.24) is 25.5 Å². The van der Waals surface area contributed by atoms with Crippen LogP contribution in [0.15, 0.2) is 41.2 Å². The Kier molecular flexibility index (Phi) is 7.04. The summed E-state index contributed by atoms with van der Waals surface area (Å²) in [6, 6.07) is 5.55. The molecule has 0 aliphatic heterocycles. The van der Waals surface area contributed by atoms with Crippen molar-refractivity contribution in [2.75, 3.05) is 20.6 Å². The number of H-pyrrole nitrogens is 1. The fourth-order valence-corrected chi connectivity index (χ4v) is 3.54. The van der Waals surface area contributed by atoms with Gasteiger partial charge in [0.15, 0.2) is 5.69 Å². The van der Waals surface area contributed by atoms with Crippen LogP contribution in [0.25, 0.3) is 0 Å². The molecule has 1 aromatic carbocycles. The van der Waals surface area contributed by atoms with E-state index in [4.69, 9.17) is 0 Å². The average molecular weight is 443 g/mol. The van der Waals surface area contributed by atoms with Gasteiger partial charge in [0.2, 0.25) is 11.7 Å². The van der Waals surface area contributed by atoms with Gasteiger partial charge in [-0.3, -0.25) is 14.4 Å². The number of amides is 2. The van der Waals surface area contributed by atoms with Crippen LogP contribution in [-0.4, -0.2) is 52.4 Å². The van der Waals surface area contributed by atoms with E-state index in [1.807, 2.05) is 12.2 Å². The molecular weight excluding hydrogens is 417 g/mol. The molecule has 1 aromatic heterocycles. The molecule has 0 fully saturated rings. The van der Waals surface area contributed by atoms with Gasteiger partial charge in [0.1, 0.15) is 17.2 Å². The maximum absolute atomic E-state index is 13.1. The first-order valence-corrected chi connectivity index (χ1v) is 10.2. The third-order valence-electron chi connectivity index (χ3n) is 5.14. The number of hydrogen-bond acceptors (Lipinski definition) is 6. The molecular formula is C22H26FN5O4. The maximum atomic E-state index is 13.1. The van der Waals surface area contributed by atoms with Gasteiger partial charge >= 0.3 is 0 Å². The van der Waals surface area contributed by atoms with E-state index in [1.165, 1.54) is 24.3 Å². The van der Waals surface area contributed by atoms with Crippen LogP contribution in [0, 0.1) is 5.82 Å². The lowest BCUT2D eigenvalue weighted by Crippen LogP contribution is -2.51. The Morgan fingerprint density at radius 3 is 2.59 bits per heavy atom. The minimum absolute atomic E-state index is 0.0514. The number of aromatic nitrogens is 2. The summed E-state index contributed by atoms with van der Waals surface area (Å²) in [5, 5.41) is 15.7. The Balaban J connectivity index is 1.90. The highest BCUT2D eigenvalue weighted by Gasteiger charge is 2.37. The summed E-state index contributed by atoms with van der Waals surface area (Å²) in [4.78, 5) is 46.1. The van der Waals surface area contributed by atoms with Crippen LogP contribution in [-0.2, 0) is 16.9 Å². The molecule has 2 amide bonds. The van der Waals surface area contributed by atoms with Gasteiger partial charge in [0, 0.05) is 6.54 Å². The molecule has 2 aromatic rings. The van der Waals surface area contributed by atoms with Crippen LogP contribution < -0.4 is 16.2 Å². The molecule has 0 saturated carbocycles. The SMILES string of the molecule is CN(C)CC(=O)NC1(c2nc(C(=O)NCc3ccc(F)cc3)c(O)c(=O)[nH]2)CC=CCC1. The molecule has 1 heterocycles. The Hall–Kier alpha value is -3.53. The molecule has 170 valence electrons. The van der Waals surface area contributed by atoms with Gasteiger partial charge in [-0.2, -0.15) is 0 Å². The molecule has 10 heteroatoms. The van der Waals surface area contributed by atoms with E-state index in [9.17, 15) is 23.9 Å². The summed E-state index contributed by atoms with van der Waals surface area (Å²) >= 11 is 0. The number of carbonyl (C=O) groups is 2. The average Bonchev–Trinajstić information content (AvgIpc) is 2.75. The van der Waals surface area contributed by atoms with Crippen molar-refractivity contribution in [2.24, 2.45) is 0 Å². The fraction of sp³-hybridized carbons (Fsp3) is 0.364. The lowest BCUT2D eigenvalue weighted by Gasteiger charge is -2.35. The number of rotatable bonds is 7. The van der Waals surface area contributed by atoms with Crippen molar-refractivity contribution in [2.45, 2.75) is 31.3 Å². The van der Waals surface area contributed by atoms with Gasteiger partial charge in [-0.1, -0.05) is 24.3 Å². The minimum Gasteiger partial charge on any atom is -0.501 e. The number of hydrogen-bond donors (Lipinski definition) is 4. The molecule has 1 unspecified atom stereocenters. The lowest BCUT2D eigenvalue weighted by atomic mass is 9.84. The van der Waals surface area contributed by atoms with Crippen molar-refractivity contribution in [3.8, 4) is 5.75 Å². The van der Waals surface area contributed by atoms with Gasteiger partial charge in [0.25, 0.3) is 11.5 Å². The summed E-state index contributed by atoms with van der Waals surface area (Å²) in [6.07, 6.45) is 5.31. The van der Waals surface area contributed by atoms with E-state index in [1.54, 1.807) is 19.0 Å². The summed E-state index contributed by atoms with van der Waals surface area (Å²) in [5.74, 6) is -2.14. The quantitative estimate of drug-likeness (QED) is 0.476. The lowest BCUT2D eigenvalue weighted by molar-refractivity contribution is -0.124. The Morgan fingerprint density at radius 1 is 1.25 bits per heavy atom. The van der Waals surface area contributed by atoms with Crippen LogP contribution >= 0.6 is 0 Å². The van der Waals surface area contributed by atoms with Crippen molar-refractivity contribution in [3.63, 3.8) is 0 Å². The largest absolute Gasteiger partial charge is 0.501 e. The molecule has 32 heavy (non-hydrogen) atoms. The van der Waals surface area contributed by atoms with E-state index in [-0.39, 0.29) is 24.8 Å². The van der Waals surface area contributed by atoms with Crippen LogP contribution in [0.4, 0.5) is 4.39 Å². The van der Waals surface area contributed by atoms with E-state index >= 15 is 0 Å². The number of nitrogens with zero attached hydrogens (tertiary/aromatic N) is 2. The number of allylic oxidation sites excluding steroid dienone is 1. The molecule has 0 saturated heterocycles. The number of nitrogens with one attached hydrogen (secondary N) is 3. The van der Waals surface area contributed by atoms with Crippen molar-refractivity contribution in [1.29, 1.82) is 0 Å². The van der Waals surface area contributed by atoms with Gasteiger partial charge in [-0.05, 0) is 51.1 Å². The summed E-state index contributed by atoms with van der Waals surface area (Å²) in [6.45, 7) is 0.189. The van der Waals surface area contributed by atoms with E-state index in [2.05, 4.69) is 20.6 Å². The number of aromatic amines is 1. The Labute approximate surface area is 184 Å². The molecule has 0 radical (unpaired) electrons. The van der Waals surface area contributed by atoms with Crippen molar-refractivity contribution in [3.05, 3.63) is 69.7 Å². The summed E-state index contributed by atoms with van der Waals surface area (Å²) in [5.41, 5.74) is -1.70. The van der Waals surface area contributed by atoms with Gasteiger partial charge in [-0.25, -0.2) is 9.37 Å². The highest BCUT2D eigenvalue weighted by molar-refractivity contribution is 5.94. The number of aromatic hydroxyl groups is 1. The van der Waals surface area contributed by atoms with Crippen LogP contribution in [0.3, 0.4) is 0 Å². The molecule has 0 spiro atoms. The van der Waals surface area contributed by atoms with Gasteiger partial charge in [-0.15, -0.1) is 0 Å². The number of benzene rings is 1. The Morgan fingerprint density at radius 2 is 1.97 bits per heavy atom. The van der Waals surface area contributed by atoms with Gasteiger partial charge < -0.3 is 25.6 Å². The van der Waals surface area contributed by atoms with Crippen molar-refractivity contribution >= 4 is 11.8 Å². The molecule has 1 aliphatic carbocycles. The van der Waals surface area contributed by atoms with E-state index in [0.717, 1.165) is 0 Å². The number of likely N-dealkylation sites (N-methyl/N-ethyl adjacent to an activating group) is 1. The summed E-state index contributed by atoms with van der Waals surface area (Å²) in [7, 11) is 3.52. The van der Waals surface area contributed by atoms with Crippen LogP contribution in [0.1, 0.15) is 41.1 Å². The second-order valence-electron chi connectivity index (χ2n) is 8.00. The zero-order chi connectivity index (χ0) is 23.3. The predicted octanol–water partition coefficient (Wildman–Crippen LogP) is 1.16. The maximum Gasteiger partial charge on any atom is 0.294 e. The first-order chi connectivity index (χ1) is 15.2. The van der Waals surface area contributed by atoms with E-state index in [0.29, 0.717) is 24.8 Å². The third-order valence-corrected chi connectivity index (χ3v) is 5.14. The second-order valence-corrected chi connectivity index (χ2v) is 8.00. The Bertz CT molecular complexity index is 1080. The van der Waals surface area contributed by atoms with E-state index < -0.39 is 34.3 Å². The molecule has 9 nitrogen and oxygen atoms in total. The first-order valence-electron chi connectivity index (χ1n) is 10.2. The minimum atomic E-state index is -1.01. The topological polar surface area (TPSA) is 127 Å². The molecule has 1 atom stereocenters. The number of halogens is 1. The highest BCUT2D eigenvalue weighted by Crippen LogP contribution is 2.32. The summed E-state index contributed by atoms with van der Waals surface area (Å²) < 4.78 is 13.1.